The van der Waals surface area contributed by atoms with E-state index in [2.05, 4.69) is 10.3 Å². The maximum absolute atomic E-state index is 12.6. The number of hydrogen-bond acceptors (Lipinski definition) is 4. The van der Waals surface area contributed by atoms with Crippen LogP contribution in [0.15, 0.2) is 54.5 Å². The third-order valence-corrected chi connectivity index (χ3v) is 3.48. The summed E-state index contributed by atoms with van der Waals surface area (Å²) in [6, 6.07) is 10.9. The Morgan fingerprint density at radius 3 is 2.82 bits per heavy atom. The van der Waals surface area contributed by atoms with Crippen molar-refractivity contribution in [3.05, 3.63) is 60.1 Å². The van der Waals surface area contributed by atoms with E-state index in [-0.39, 0.29) is 5.91 Å². The first-order chi connectivity index (χ1) is 10.7. The summed E-state index contributed by atoms with van der Waals surface area (Å²) in [5, 5.41) is 3.26. The Hall–Kier alpha value is -2.73. The third-order valence-electron chi connectivity index (χ3n) is 3.20. The van der Waals surface area contributed by atoms with E-state index in [0.29, 0.717) is 22.2 Å². The summed E-state index contributed by atoms with van der Waals surface area (Å²) in [6.45, 7) is 0. The molecule has 0 radical (unpaired) electrons. The van der Waals surface area contributed by atoms with Crippen LogP contribution in [0.25, 0.3) is 6.08 Å². The highest BCUT2D eigenvalue weighted by molar-refractivity contribution is 7.80. The molecule has 6 heteroatoms. The van der Waals surface area contributed by atoms with Gasteiger partial charge in [-0.05, 0) is 42.1 Å². The zero-order valence-electron chi connectivity index (χ0n) is 11.8. The monoisotopic (exact) mass is 311 g/mol. The van der Waals surface area contributed by atoms with E-state index in [9.17, 15) is 4.79 Å². The smallest absolute Gasteiger partial charge is 0.281 e. The molecular weight excluding hydrogens is 298 g/mol. The molecule has 3 rings (SSSR count). The molecule has 1 N–H and O–H groups in total. The fourth-order valence-electron chi connectivity index (χ4n) is 2.20. The van der Waals surface area contributed by atoms with Crippen LogP contribution in [0.5, 0.6) is 5.75 Å². The number of anilines is 1. The number of pyridine rings is 1. The van der Waals surface area contributed by atoms with E-state index in [0.717, 1.165) is 5.56 Å². The van der Waals surface area contributed by atoms with Crippen molar-refractivity contribution in [3.8, 4) is 5.75 Å². The average molecular weight is 311 g/mol. The molecule has 1 fully saturated rings. The van der Waals surface area contributed by atoms with Crippen LogP contribution in [0.3, 0.4) is 0 Å². The molecule has 1 saturated heterocycles. The Morgan fingerprint density at radius 1 is 1.27 bits per heavy atom. The second kappa shape index (κ2) is 5.95. The number of benzene rings is 1. The number of ether oxygens (including phenoxy) is 1. The second-order valence-electron chi connectivity index (χ2n) is 4.59. The van der Waals surface area contributed by atoms with Crippen molar-refractivity contribution in [1.82, 2.24) is 10.3 Å². The Morgan fingerprint density at radius 2 is 2.09 bits per heavy atom. The number of rotatable bonds is 3. The van der Waals surface area contributed by atoms with Gasteiger partial charge in [0, 0.05) is 12.4 Å². The highest BCUT2D eigenvalue weighted by atomic mass is 32.1. The van der Waals surface area contributed by atoms with Crippen molar-refractivity contribution < 1.29 is 9.53 Å². The lowest BCUT2D eigenvalue weighted by atomic mass is 10.2. The van der Waals surface area contributed by atoms with Gasteiger partial charge in [0.05, 0.1) is 12.8 Å². The van der Waals surface area contributed by atoms with Gasteiger partial charge in [0.1, 0.15) is 11.4 Å². The topological polar surface area (TPSA) is 54.5 Å². The molecule has 2 heterocycles. The maximum Gasteiger partial charge on any atom is 0.281 e. The fraction of sp³-hybridized carbons (Fsp3) is 0.0625. The molecule has 0 bridgehead atoms. The van der Waals surface area contributed by atoms with E-state index >= 15 is 0 Å². The predicted octanol–water partition coefficient (Wildman–Crippen LogP) is 2.35. The van der Waals surface area contributed by atoms with Crippen LogP contribution in [-0.4, -0.2) is 23.1 Å². The fourth-order valence-corrected chi connectivity index (χ4v) is 2.49. The molecule has 1 aromatic heterocycles. The Labute approximate surface area is 133 Å². The molecule has 0 saturated carbocycles. The minimum absolute atomic E-state index is 0.224. The van der Waals surface area contributed by atoms with Gasteiger partial charge in [0.25, 0.3) is 5.91 Å². The molecule has 0 spiro atoms. The molecule has 0 unspecified atom stereocenters. The van der Waals surface area contributed by atoms with Gasteiger partial charge >= 0.3 is 0 Å². The number of carbonyl (C=O) groups is 1. The number of para-hydroxylation sites is 2. The van der Waals surface area contributed by atoms with Gasteiger partial charge in [0.2, 0.25) is 0 Å². The molecule has 110 valence electrons. The summed E-state index contributed by atoms with van der Waals surface area (Å²) in [7, 11) is 1.56. The van der Waals surface area contributed by atoms with Gasteiger partial charge in [-0.25, -0.2) is 4.90 Å². The second-order valence-corrected chi connectivity index (χ2v) is 4.97. The summed E-state index contributed by atoms with van der Waals surface area (Å²) in [5.41, 5.74) is 1.84. The first-order valence-corrected chi connectivity index (χ1v) is 7.01. The standard InChI is InChI=1S/C16H13N3O2S/c1-21-14-7-3-2-6-13(14)19-15(20)12(18-16(19)22)9-11-5-4-8-17-10-11/h2-10H,1H3,(H,18,22)/b12-9+. The summed E-state index contributed by atoms with van der Waals surface area (Å²) in [5.74, 6) is 0.362. The summed E-state index contributed by atoms with van der Waals surface area (Å²) < 4.78 is 5.30. The largest absolute Gasteiger partial charge is 0.495 e. The number of aromatic nitrogens is 1. The van der Waals surface area contributed by atoms with Crippen molar-refractivity contribution in [2.24, 2.45) is 0 Å². The van der Waals surface area contributed by atoms with Crippen LogP contribution < -0.4 is 15.0 Å². The Balaban J connectivity index is 1.97. The SMILES string of the molecule is COc1ccccc1N1C(=O)/C(=C\c2cccnc2)NC1=S. The maximum atomic E-state index is 12.6. The molecule has 1 aromatic carbocycles. The molecule has 5 nitrogen and oxygen atoms in total. The Bertz CT molecular complexity index is 759. The number of carbonyl (C=O) groups excluding carboxylic acids is 1. The lowest BCUT2D eigenvalue weighted by Crippen LogP contribution is -2.30. The van der Waals surface area contributed by atoms with Crippen LogP contribution in [0.4, 0.5) is 5.69 Å². The van der Waals surface area contributed by atoms with Gasteiger partial charge in [0.15, 0.2) is 5.11 Å². The summed E-state index contributed by atoms with van der Waals surface area (Å²) in [6.07, 6.45) is 5.07. The predicted molar refractivity (Wildman–Crippen MR) is 88.4 cm³/mol. The van der Waals surface area contributed by atoms with E-state index in [1.165, 1.54) is 4.90 Å². The number of nitrogens with zero attached hydrogens (tertiary/aromatic N) is 2. The van der Waals surface area contributed by atoms with Gasteiger partial charge in [-0.3, -0.25) is 9.78 Å². The van der Waals surface area contributed by atoms with Crippen LogP contribution in [0.2, 0.25) is 0 Å². The highest BCUT2D eigenvalue weighted by Crippen LogP contribution is 2.31. The zero-order valence-corrected chi connectivity index (χ0v) is 12.6. The number of methoxy groups -OCH3 is 1. The summed E-state index contributed by atoms with van der Waals surface area (Å²) >= 11 is 5.28. The van der Waals surface area contributed by atoms with Crippen LogP contribution in [0.1, 0.15) is 5.56 Å². The Kier molecular flexibility index (Phi) is 3.84. The number of thiocarbonyl (C=S) groups is 1. The van der Waals surface area contributed by atoms with Gasteiger partial charge in [-0.1, -0.05) is 18.2 Å². The molecule has 22 heavy (non-hydrogen) atoms. The third kappa shape index (κ3) is 2.56. The van der Waals surface area contributed by atoms with Gasteiger partial charge < -0.3 is 10.1 Å². The van der Waals surface area contributed by atoms with Crippen molar-refractivity contribution in [2.75, 3.05) is 12.0 Å². The highest BCUT2D eigenvalue weighted by Gasteiger charge is 2.33. The van der Waals surface area contributed by atoms with Gasteiger partial charge in [-0.15, -0.1) is 0 Å². The summed E-state index contributed by atoms with van der Waals surface area (Å²) in [4.78, 5) is 18.1. The van der Waals surface area contributed by atoms with E-state index in [1.54, 1.807) is 37.7 Å². The average Bonchev–Trinajstić information content (AvgIpc) is 2.82. The van der Waals surface area contributed by atoms with Crippen molar-refractivity contribution in [1.29, 1.82) is 0 Å². The lowest BCUT2D eigenvalue weighted by molar-refractivity contribution is -0.113. The number of hydrogen-bond donors (Lipinski definition) is 1. The van der Waals surface area contributed by atoms with Crippen LogP contribution in [0, 0.1) is 0 Å². The van der Waals surface area contributed by atoms with Crippen LogP contribution >= 0.6 is 12.2 Å². The van der Waals surface area contributed by atoms with Crippen LogP contribution in [-0.2, 0) is 4.79 Å². The first-order valence-electron chi connectivity index (χ1n) is 6.61. The number of nitrogens with one attached hydrogen (secondary N) is 1. The minimum atomic E-state index is -0.224. The molecule has 0 aliphatic carbocycles. The molecular formula is C16H13N3O2S. The normalized spacial score (nSPS) is 16.0. The van der Waals surface area contributed by atoms with Crippen molar-refractivity contribution in [2.45, 2.75) is 0 Å². The van der Waals surface area contributed by atoms with E-state index in [1.807, 2.05) is 24.3 Å². The van der Waals surface area contributed by atoms with Gasteiger partial charge in [-0.2, -0.15) is 0 Å². The van der Waals surface area contributed by atoms with Crippen molar-refractivity contribution >= 4 is 35.0 Å². The minimum Gasteiger partial charge on any atom is -0.495 e. The zero-order chi connectivity index (χ0) is 15.5. The van der Waals surface area contributed by atoms with E-state index in [4.69, 9.17) is 17.0 Å². The molecule has 1 aliphatic heterocycles. The van der Waals surface area contributed by atoms with Crippen molar-refractivity contribution in [3.63, 3.8) is 0 Å². The molecule has 1 amide bonds. The molecule has 0 atom stereocenters. The number of amides is 1. The lowest BCUT2D eigenvalue weighted by Gasteiger charge is -2.17. The van der Waals surface area contributed by atoms with E-state index < -0.39 is 0 Å². The quantitative estimate of drug-likeness (QED) is 0.696. The first kappa shape index (κ1) is 14.2. The molecule has 2 aromatic rings. The molecule has 1 aliphatic rings.